The lowest BCUT2D eigenvalue weighted by atomic mass is 10.2. The molecule has 2 rings (SSSR count). The molecule has 0 bridgehead atoms. The number of imidazole rings is 1. The van der Waals surface area contributed by atoms with Crippen molar-refractivity contribution in [1.82, 2.24) is 9.55 Å². The molecule has 0 saturated carbocycles. The summed E-state index contributed by atoms with van der Waals surface area (Å²) in [4.78, 5) is 15.3. The summed E-state index contributed by atoms with van der Waals surface area (Å²) < 4.78 is 2.14. The summed E-state index contributed by atoms with van der Waals surface area (Å²) >= 11 is 1.28. The van der Waals surface area contributed by atoms with Crippen molar-refractivity contribution in [3.63, 3.8) is 0 Å². The van der Waals surface area contributed by atoms with E-state index in [4.69, 9.17) is 5.11 Å². The van der Waals surface area contributed by atoms with Crippen LogP contribution in [0, 0.1) is 12.8 Å². The molecule has 0 radical (unpaired) electrons. The van der Waals surface area contributed by atoms with Crippen molar-refractivity contribution in [2.75, 3.05) is 5.75 Å². The van der Waals surface area contributed by atoms with Crippen LogP contribution >= 0.6 is 11.8 Å². The van der Waals surface area contributed by atoms with Crippen LogP contribution in [0.5, 0.6) is 0 Å². The van der Waals surface area contributed by atoms with Gasteiger partial charge in [0.2, 0.25) is 0 Å². The van der Waals surface area contributed by atoms with Gasteiger partial charge in [0.15, 0.2) is 5.16 Å². The Labute approximate surface area is 116 Å². The number of aromatic nitrogens is 2. The van der Waals surface area contributed by atoms with Gasteiger partial charge in [-0.1, -0.05) is 37.7 Å². The van der Waals surface area contributed by atoms with Crippen LogP contribution < -0.4 is 0 Å². The van der Waals surface area contributed by atoms with E-state index in [-0.39, 0.29) is 5.75 Å². The summed E-state index contributed by atoms with van der Waals surface area (Å²) in [5, 5.41) is 9.61. The molecular formula is C14H18N2O2S. The summed E-state index contributed by atoms with van der Waals surface area (Å²) in [7, 11) is 0. The van der Waals surface area contributed by atoms with E-state index in [0.29, 0.717) is 5.92 Å². The first-order chi connectivity index (χ1) is 8.99. The normalized spacial score (nSPS) is 11.4. The van der Waals surface area contributed by atoms with Gasteiger partial charge in [-0.2, -0.15) is 0 Å². The van der Waals surface area contributed by atoms with Crippen LogP contribution in [-0.2, 0) is 11.3 Å². The average Bonchev–Trinajstić information content (AvgIpc) is 2.65. The van der Waals surface area contributed by atoms with Gasteiger partial charge >= 0.3 is 5.97 Å². The number of aryl methyl sites for hydroxylation is 1. The number of rotatable bonds is 5. The number of carboxylic acids is 1. The minimum Gasteiger partial charge on any atom is -0.481 e. The topological polar surface area (TPSA) is 55.1 Å². The zero-order valence-corrected chi connectivity index (χ0v) is 12.2. The molecule has 0 aliphatic rings. The number of hydrogen-bond donors (Lipinski definition) is 1. The molecule has 0 aliphatic carbocycles. The van der Waals surface area contributed by atoms with Gasteiger partial charge in [0.1, 0.15) is 0 Å². The number of thioether (sulfide) groups is 1. The molecular weight excluding hydrogens is 260 g/mol. The molecule has 0 aliphatic heterocycles. The molecule has 2 aromatic rings. The number of benzene rings is 1. The zero-order valence-electron chi connectivity index (χ0n) is 11.4. The van der Waals surface area contributed by atoms with Crippen molar-refractivity contribution >= 4 is 28.8 Å². The van der Waals surface area contributed by atoms with Crippen LogP contribution in [0.15, 0.2) is 23.4 Å². The molecule has 1 aromatic carbocycles. The third-order valence-electron chi connectivity index (χ3n) is 2.81. The number of carboxylic acid groups (broad SMARTS) is 1. The first-order valence-corrected chi connectivity index (χ1v) is 7.28. The Morgan fingerprint density at radius 3 is 2.84 bits per heavy atom. The van der Waals surface area contributed by atoms with Crippen LogP contribution in [0.25, 0.3) is 11.0 Å². The summed E-state index contributed by atoms with van der Waals surface area (Å²) in [5.41, 5.74) is 3.23. The molecule has 0 unspecified atom stereocenters. The molecule has 102 valence electrons. The van der Waals surface area contributed by atoms with Gasteiger partial charge in [0.25, 0.3) is 0 Å². The molecule has 19 heavy (non-hydrogen) atoms. The van der Waals surface area contributed by atoms with Crippen LogP contribution in [-0.4, -0.2) is 26.4 Å². The molecule has 0 spiro atoms. The first kappa shape index (κ1) is 13.9. The molecule has 1 aromatic heterocycles. The van der Waals surface area contributed by atoms with Crippen molar-refractivity contribution < 1.29 is 9.90 Å². The van der Waals surface area contributed by atoms with Crippen molar-refractivity contribution in [2.24, 2.45) is 5.92 Å². The van der Waals surface area contributed by atoms with E-state index in [2.05, 4.69) is 36.4 Å². The summed E-state index contributed by atoms with van der Waals surface area (Å²) in [6, 6.07) is 6.02. The van der Waals surface area contributed by atoms with E-state index in [0.717, 1.165) is 22.7 Å². The molecule has 1 N–H and O–H groups in total. The van der Waals surface area contributed by atoms with Gasteiger partial charge in [-0.3, -0.25) is 4.79 Å². The number of carbonyl (C=O) groups is 1. The highest BCUT2D eigenvalue weighted by atomic mass is 32.2. The molecule has 1 heterocycles. The van der Waals surface area contributed by atoms with Crippen molar-refractivity contribution in [3.05, 3.63) is 23.8 Å². The Balaban J connectivity index is 2.49. The largest absolute Gasteiger partial charge is 0.481 e. The maximum atomic E-state index is 10.7. The lowest BCUT2D eigenvalue weighted by Gasteiger charge is -2.12. The fraction of sp³-hybridized carbons (Fsp3) is 0.429. The highest BCUT2D eigenvalue weighted by Gasteiger charge is 2.14. The summed E-state index contributed by atoms with van der Waals surface area (Å²) in [5.74, 6) is -0.286. The van der Waals surface area contributed by atoms with Crippen LogP contribution in [0.4, 0.5) is 0 Å². The number of nitrogens with zero attached hydrogens (tertiary/aromatic N) is 2. The fourth-order valence-corrected chi connectivity index (χ4v) is 2.85. The minimum absolute atomic E-state index is 0.0421. The van der Waals surface area contributed by atoms with Gasteiger partial charge in [-0.15, -0.1) is 0 Å². The smallest absolute Gasteiger partial charge is 0.313 e. The SMILES string of the molecule is Cc1cccc2nc(SCC(=O)O)n(CC(C)C)c12. The average molecular weight is 278 g/mol. The van der Waals surface area contributed by atoms with Crippen LogP contribution in [0.1, 0.15) is 19.4 Å². The molecule has 0 atom stereocenters. The van der Waals surface area contributed by atoms with Gasteiger partial charge in [0, 0.05) is 6.54 Å². The van der Waals surface area contributed by atoms with Crippen molar-refractivity contribution in [1.29, 1.82) is 0 Å². The zero-order chi connectivity index (χ0) is 14.0. The van der Waals surface area contributed by atoms with E-state index in [1.165, 1.54) is 17.3 Å². The first-order valence-electron chi connectivity index (χ1n) is 6.29. The Hall–Kier alpha value is -1.49. The highest BCUT2D eigenvalue weighted by molar-refractivity contribution is 7.99. The third kappa shape index (κ3) is 3.10. The van der Waals surface area contributed by atoms with Crippen LogP contribution in [0.3, 0.4) is 0 Å². The second-order valence-electron chi connectivity index (χ2n) is 5.02. The molecule has 0 fully saturated rings. The second kappa shape index (κ2) is 5.65. The molecule has 0 saturated heterocycles. The Bertz CT molecular complexity index is 605. The Morgan fingerprint density at radius 1 is 1.47 bits per heavy atom. The highest BCUT2D eigenvalue weighted by Crippen LogP contribution is 2.27. The predicted octanol–water partition coefficient (Wildman–Crippen LogP) is 3.18. The van der Waals surface area contributed by atoms with Gasteiger partial charge in [-0.05, 0) is 24.5 Å². The molecule has 0 amide bonds. The monoisotopic (exact) mass is 278 g/mol. The van der Waals surface area contributed by atoms with Crippen LogP contribution in [0.2, 0.25) is 0 Å². The lowest BCUT2D eigenvalue weighted by molar-refractivity contribution is -0.133. The fourth-order valence-electron chi connectivity index (χ4n) is 2.11. The standard InChI is InChI=1S/C14H18N2O2S/c1-9(2)7-16-13-10(3)5-4-6-11(13)15-14(16)19-8-12(17)18/h4-6,9H,7-8H2,1-3H3,(H,17,18). The molecule has 4 nitrogen and oxygen atoms in total. The maximum Gasteiger partial charge on any atom is 0.313 e. The van der Waals surface area contributed by atoms with Gasteiger partial charge < -0.3 is 9.67 Å². The Morgan fingerprint density at radius 2 is 2.21 bits per heavy atom. The number of fused-ring (bicyclic) bond motifs is 1. The lowest BCUT2D eigenvalue weighted by Crippen LogP contribution is -2.08. The Kier molecular flexibility index (Phi) is 4.14. The quantitative estimate of drug-likeness (QED) is 0.853. The predicted molar refractivity (Wildman–Crippen MR) is 77.7 cm³/mol. The van der Waals surface area contributed by atoms with E-state index >= 15 is 0 Å². The molecule has 5 heteroatoms. The summed E-state index contributed by atoms with van der Waals surface area (Å²) in [6.07, 6.45) is 0. The van der Waals surface area contributed by atoms with Gasteiger partial charge in [0.05, 0.1) is 16.8 Å². The number of para-hydroxylation sites is 1. The van der Waals surface area contributed by atoms with E-state index in [9.17, 15) is 4.79 Å². The van der Waals surface area contributed by atoms with E-state index < -0.39 is 5.97 Å². The van der Waals surface area contributed by atoms with Crippen molar-refractivity contribution in [2.45, 2.75) is 32.5 Å². The minimum atomic E-state index is -0.815. The number of hydrogen-bond acceptors (Lipinski definition) is 3. The summed E-state index contributed by atoms with van der Waals surface area (Å²) in [6.45, 7) is 7.21. The number of aliphatic carboxylic acids is 1. The maximum absolute atomic E-state index is 10.7. The van der Waals surface area contributed by atoms with E-state index in [1.807, 2.05) is 12.1 Å². The van der Waals surface area contributed by atoms with Crippen molar-refractivity contribution in [3.8, 4) is 0 Å². The third-order valence-corrected chi connectivity index (χ3v) is 3.77. The van der Waals surface area contributed by atoms with Gasteiger partial charge in [-0.25, -0.2) is 4.98 Å². The second-order valence-corrected chi connectivity index (χ2v) is 5.97. The van der Waals surface area contributed by atoms with E-state index in [1.54, 1.807) is 0 Å².